The molecule has 0 bridgehead atoms. The van der Waals surface area contributed by atoms with E-state index in [4.69, 9.17) is 10.5 Å². The van der Waals surface area contributed by atoms with E-state index >= 15 is 0 Å². The molecular weight excluding hydrogens is 443 g/mol. The molecule has 3 N–H and O–H groups in total. The Balaban J connectivity index is 0.000000374. The molecule has 1 atom stereocenters. The molecule has 9 nitrogen and oxygen atoms in total. The molecule has 174 valence electrons. The van der Waals surface area contributed by atoms with Gasteiger partial charge in [0.2, 0.25) is 11.8 Å². The molecule has 1 aliphatic heterocycles. The lowest BCUT2D eigenvalue weighted by Crippen LogP contribution is -2.12. The highest BCUT2D eigenvalue weighted by atomic mass is 19.4. The predicted molar refractivity (Wildman–Crippen MR) is 110 cm³/mol. The molecule has 1 aromatic carbocycles. The molecule has 4 rings (SSSR count). The standard InChI is InChI=1S/C17H13F3N4O2.C4H7NO2/c1-24-7-6-14(23-24)13-8-10(15(21)25)9-22-16(13)26-12-4-2-11(3-5-12)17(18,19)20;1-3-2-5-4(6)7-3/h2-9H,1H3,(H2,21,25);3H,2H2,1H3,(H,5,6)/t;3-/m.1/s1. The van der Waals surface area contributed by atoms with Crippen molar-refractivity contribution in [2.75, 3.05) is 6.54 Å². The van der Waals surface area contributed by atoms with E-state index in [0.29, 0.717) is 17.8 Å². The molecular formula is C21H20F3N5O4. The lowest BCUT2D eigenvalue weighted by atomic mass is 10.1. The molecule has 0 spiro atoms. The zero-order valence-electron chi connectivity index (χ0n) is 17.6. The first kappa shape index (κ1) is 23.6. The highest BCUT2D eigenvalue weighted by molar-refractivity contribution is 5.94. The second-order valence-electron chi connectivity index (χ2n) is 7.04. The number of amides is 2. The number of aromatic nitrogens is 3. The van der Waals surface area contributed by atoms with Gasteiger partial charge in [0.05, 0.1) is 28.9 Å². The predicted octanol–water partition coefficient (Wildman–Crippen LogP) is 3.51. The number of primary amides is 1. The van der Waals surface area contributed by atoms with Gasteiger partial charge in [0, 0.05) is 19.4 Å². The van der Waals surface area contributed by atoms with Crippen LogP contribution in [0.25, 0.3) is 11.3 Å². The van der Waals surface area contributed by atoms with Crippen molar-refractivity contribution in [3.05, 3.63) is 59.9 Å². The van der Waals surface area contributed by atoms with Gasteiger partial charge in [-0.2, -0.15) is 18.3 Å². The topological polar surface area (TPSA) is 121 Å². The average Bonchev–Trinajstić information content (AvgIpc) is 3.35. The van der Waals surface area contributed by atoms with Gasteiger partial charge in [0.15, 0.2) is 0 Å². The summed E-state index contributed by atoms with van der Waals surface area (Å²) in [7, 11) is 1.71. The fourth-order valence-corrected chi connectivity index (χ4v) is 2.73. The van der Waals surface area contributed by atoms with Crippen LogP contribution in [0.5, 0.6) is 11.6 Å². The minimum absolute atomic E-state index is 0.0625. The van der Waals surface area contributed by atoms with Crippen molar-refractivity contribution < 1.29 is 32.2 Å². The van der Waals surface area contributed by atoms with E-state index in [2.05, 4.69) is 20.1 Å². The number of alkyl carbamates (subject to hydrolysis) is 1. The van der Waals surface area contributed by atoms with Gasteiger partial charge in [-0.1, -0.05) is 0 Å². The van der Waals surface area contributed by atoms with Gasteiger partial charge < -0.3 is 20.5 Å². The molecule has 2 amide bonds. The van der Waals surface area contributed by atoms with Crippen LogP contribution < -0.4 is 15.8 Å². The van der Waals surface area contributed by atoms with Crippen molar-refractivity contribution in [1.82, 2.24) is 20.1 Å². The first-order chi connectivity index (χ1) is 15.5. The van der Waals surface area contributed by atoms with Crippen LogP contribution in [-0.4, -0.2) is 39.4 Å². The van der Waals surface area contributed by atoms with Crippen LogP contribution in [-0.2, 0) is 18.0 Å². The molecule has 0 aliphatic carbocycles. The van der Waals surface area contributed by atoms with Crippen molar-refractivity contribution in [1.29, 1.82) is 0 Å². The van der Waals surface area contributed by atoms with E-state index in [1.54, 1.807) is 24.0 Å². The number of carbonyl (C=O) groups excluding carboxylic acids is 2. The number of carbonyl (C=O) groups is 2. The second kappa shape index (κ2) is 9.59. The van der Waals surface area contributed by atoms with E-state index in [0.717, 1.165) is 12.1 Å². The summed E-state index contributed by atoms with van der Waals surface area (Å²) in [6, 6.07) is 7.35. The minimum atomic E-state index is -4.43. The maximum absolute atomic E-state index is 12.6. The minimum Gasteiger partial charge on any atom is -0.445 e. The Bertz CT molecular complexity index is 1150. The van der Waals surface area contributed by atoms with E-state index in [9.17, 15) is 22.8 Å². The second-order valence-corrected chi connectivity index (χ2v) is 7.04. The van der Waals surface area contributed by atoms with Gasteiger partial charge in [0.1, 0.15) is 11.9 Å². The van der Waals surface area contributed by atoms with Crippen LogP contribution in [0.1, 0.15) is 22.8 Å². The molecule has 33 heavy (non-hydrogen) atoms. The molecule has 1 fully saturated rings. The van der Waals surface area contributed by atoms with Crippen molar-refractivity contribution in [2.24, 2.45) is 12.8 Å². The third-order valence-corrected chi connectivity index (χ3v) is 4.36. The number of cyclic esters (lactones) is 1. The number of aryl methyl sites for hydroxylation is 1. The molecule has 2 aromatic heterocycles. The highest BCUT2D eigenvalue weighted by Crippen LogP contribution is 2.34. The molecule has 1 aliphatic rings. The molecule has 0 unspecified atom stereocenters. The number of rotatable bonds is 4. The number of hydrogen-bond donors (Lipinski definition) is 2. The zero-order valence-corrected chi connectivity index (χ0v) is 17.6. The smallest absolute Gasteiger partial charge is 0.416 e. The number of hydrogen-bond acceptors (Lipinski definition) is 6. The Morgan fingerprint density at radius 2 is 1.97 bits per heavy atom. The number of nitrogens with zero attached hydrogens (tertiary/aromatic N) is 3. The largest absolute Gasteiger partial charge is 0.445 e. The van der Waals surface area contributed by atoms with Gasteiger partial charge in [-0.15, -0.1) is 0 Å². The maximum Gasteiger partial charge on any atom is 0.416 e. The monoisotopic (exact) mass is 463 g/mol. The van der Waals surface area contributed by atoms with Crippen LogP contribution in [0, 0.1) is 0 Å². The number of pyridine rings is 1. The Morgan fingerprint density at radius 1 is 1.27 bits per heavy atom. The molecule has 1 saturated heterocycles. The SMILES string of the molecule is C[C@@H]1CNC(=O)O1.Cn1ccc(-c2cc(C(N)=O)cnc2Oc2ccc(C(F)(F)F)cc2)n1. The van der Waals surface area contributed by atoms with E-state index in [1.807, 2.05) is 6.92 Å². The maximum atomic E-state index is 12.6. The molecule has 3 aromatic rings. The summed E-state index contributed by atoms with van der Waals surface area (Å²) in [5.74, 6) is -0.418. The average molecular weight is 463 g/mol. The summed E-state index contributed by atoms with van der Waals surface area (Å²) in [6.07, 6.45) is -1.75. The summed E-state index contributed by atoms with van der Waals surface area (Å²) in [5.41, 5.74) is 5.51. The van der Waals surface area contributed by atoms with E-state index in [-0.39, 0.29) is 29.4 Å². The summed E-state index contributed by atoms with van der Waals surface area (Å²) in [4.78, 5) is 25.6. The Morgan fingerprint density at radius 3 is 2.42 bits per heavy atom. The van der Waals surface area contributed by atoms with Gasteiger partial charge in [-0.3, -0.25) is 9.48 Å². The summed E-state index contributed by atoms with van der Waals surface area (Å²) >= 11 is 0. The van der Waals surface area contributed by atoms with E-state index in [1.165, 1.54) is 24.4 Å². The molecule has 0 saturated carbocycles. The Labute approximate surface area is 186 Å². The number of nitrogens with two attached hydrogens (primary N) is 1. The quantitative estimate of drug-likeness (QED) is 0.611. The fourth-order valence-electron chi connectivity index (χ4n) is 2.73. The Kier molecular flexibility index (Phi) is 6.85. The van der Waals surface area contributed by atoms with Crippen molar-refractivity contribution in [2.45, 2.75) is 19.2 Å². The summed E-state index contributed by atoms with van der Waals surface area (Å²) in [6.45, 7) is 2.50. The van der Waals surface area contributed by atoms with Crippen LogP contribution >= 0.6 is 0 Å². The molecule has 0 radical (unpaired) electrons. The number of halogens is 3. The van der Waals surface area contributed by atoms with Crippen molar-refractivity contribution in [3.63, 3.8) is 0 Å². The third-order valence-electron chi connectivity index (χ3n) is 4.36. The first-order valence-corrected chi connectivity index (χ1v) is 9.62. The normalized spacial score (nSPS) is 15.2. The van der Waals surface area contributed by atoms with Gasteiger partial charge in [-0.05, 0) is 43.3 Å². The lowest BCUT2D eigenvalue weighted by molar-refractivity contribution is -0.137. The van der Waals surface area contributed by atoms with Crippen LogP contribution in [0.4, 0.5) is 18.0 Å². The van der Waals surface area contributed by atoms with Gasteiger partial charge >= 0.3 is 12.3 Å². The van der Waals surface area contributed by atoms with Gasteiger partial charge in [-0.25, -0.2) is 9.78 Å². The van der Waals surface area contributed by atoms with Crippen molar-refractivity contribution >= 4 is 12.0 Å². The first-order valence-electron chi connectivity index (χ1n) is 9.62. The van der Waals surface area contributed by atoms with Crippen LogP contribution in [0.2, 0.25) is 0 Å². The fraction of sp³-hybridized carbons (Fsp3) is 0.238. The number of benzene rings is 1. The van der Waals surface area contributed by atoms with Crippen molar-refractivity contribution in [3.8, 4) is 22.9 Å². The Hall–Kier alpha value is -4.09. The van der Waals surface area contributed by atoms with Crippen LogP contribution in [0.15, 0.2) is 48.8 Å². The summed E-state index contributed by atoms with van der Waals surface area (Å²) in [5, 5.41) is 6.73. The number of nitrogens with one attached hydrogen (secondary N) is 1. The number of alkyl halides is 3. The zero-order chi connectivity index (χ0) is 24.2. The van der Waals surface area contributed by atoms with Gasteiger partial charge in [0.25, 0.3) is 0 Å². The van der Waals surface area contributed by atoms with Crippen LogP contribution in [0.3, 0.4) is 0 Å². The third kappa shape index (κ3) is 6.21. The highest BCUT2D eigenvalue weighted by Gasteiger charge is 2.30. The lowest BCUT2D eigenvalue weighted by Gasteiger charge is -2.11. The molecule has 12 heteroatoms. The number of ether oxygens (including phenoxy) is 2. The summed E-state index contributed by atoms with van der Waals surface area (Å²) < 4.78 is 49.7. The van der Waals surface area contributed by atoms with E-state index < -0.39 is 17.6 Å². The molecule has 3 heterocycles.